The second kappa shape index (κ2) is 3.67. The van der Waals surface area contributed by atoms with E-state index in [0.717, 1.165) is 16.7 Å². The summed E-state index contributed by atoms with van der Waals surface area (Å²) >= 11 is 0. The predicted molar refractivity (Wildman–Crippen MR) is 69.0 cm³/mol. The van der Waals surface area contributed by atoms with E-state index in [9.17, 15) is 9.59 Å². The average Bonchev–Trinajstić information content (AvgIpc) is 2.73. The number of hydrogen-bond acceptors (Lipinski definition) is 3. The lowest BCUT2D eigenvalue weighted by Crippen LogP contribution is -2.30. The van der Waals surface area contributed by atoms with Crippen LogP contribution >= 0.6 is 0 Å². The van der Waals surface area contributed by atoms with Crippen LogP contribution in [0.2, 0.25) is 0 Å². The Labute approximate surface area is 110 Å². The first kappa shape index (κ1) is 10.7. The number of hydrogen-bond donors (Lipinski definition) is 0. The Morgan fingerprint density at radius 3 is 2.79 bits per heavy atom. The van der Waals surface area contributed by atoms with Crippen LogP contribution in [0.15, 0.2) is 42.0 Å². The highest BCUT2D eigenvalue weighted by Gasteiger charge is 2.51. The lowest BCUT2D eigenvalue weighted by molar-refractivity contribution is -0.153. The number of esters is 2. The molecule has 19 heavy (non-hydrogen) atoms. The van der Waals surface area contributed by atoms with Gasteiger partial charge in [-0.2, -0.15) is 0 Å². The normalized spacial score (nSPS) is 31.2. The fourth-order valence-corrected chi connectivity index (χ4v) is 3.44. The van der Waals surface area contributed by atoms with Crippen LogP contribution in [0.4, 0.5) is 0 Å². The van der Waals surface area contributed by atoms with Gasteiger partial charge < -0.3 is 4.74 Å². The summed E-state index contributed by atoms with van der Waals surface area (Å²) in [7, 11) is 0. The van der Waals surface area contributed by atoms with E-state index in [1.807, 2.05) is 24.3 Å². The lowest BCUT2D eigenvalue weighted by Gasteiger charge is -2.33. The summed E-state index contributed by atoms with van der Waals surface area (Å²) in [6.45, 7) is 0. The summed E-state index contributed by atoms with van der Waals surface area (Å²) in [5, 5.41) is 0. The molecular formula is C16H12O3. The number of carbonyl (C=O) groups is 2. The third kappa shape index (κ3) is 1.38. The standard InChI is InChI=1S/C16H12O3/c17-15-12-8-7-10-6-5-9-3-1-2-4-11(9)13(10)14(12)16(18)19-15/h1-7,12-14H,8H2. The molecule has 1 aromatic rings. The summed E-state index contributed by atoms with van der Waals surface area (Å²) in [5.74, 6) is -1.41. The Hall–Kier alpha value is -2.16. The quantitative estimate of drug-likeness (QED) is 0.526. The molecule has 3 nitrogen and oxygen atoms in total. The average molecular weight is 252 g/mol. The van der Waals surface area contributed by atoms with Crippen molar-refractivity contribution >= 4 is 18.0 Å². The predicted octanol–water partition coefficient (Wildman–Crippen LogP) is 2.44. The van der Waals surface area contributed by atoms with Crippen molar-refractivity contribution in [1.29, 1.82) is 0 Å². The molecule has 1 fully saturated rings. The summed E-state index contributed by atoms with van der Waals surface area (Å²) in [6.07, 6.45) is 6.80. The van der Waals surface area contributed by atoms with Crippen LogP contribution in [0, 0.1) is 11.8 Å². The van der Waals surface area contributed by atoms with Crippen LogP contribution in [0.1, 0.15) is 23.5 Å². The fourth-order valence-electron chi connectivity index (χ4n) is 3.44. The van der Waals surface area contributed by atoms with E-state index < -0.39 is 0 Å². The van der Waals surface area contributed by atoms with Crippen molar-refractivity contribution in [2.45, 2.75) is 12.3 Å². The maximum atomic E-state index is 12.0. The van der Waals surface area contributed by atoms with Gasteiger partial charge in [-0.25, -0.2) is 0 Å². The van der Waals surface area contributed by atoms with Gasteiger partial charge in [0.1, 0.15) is 0 Å². The number of fused-ring (bicyclic) bond motifs is 5. The molecule has 0 radical (unpaired) electrons. The van der Waals surface area contributed by atoms with Gasteiger partial charge in [0.2, 0.25) is 0 Å². The number of ether oxygens (including phenoxy) is 1. The second-order valence-electron chi connectivity index (χ2n) is 5.25. The Kier molecular flexibility index (Phi) is 2.07. The van der Waals surface area contributed by atoms with E-state index in [2.05, 4.69) is 18.2 Å². The number of cyclic esters (lactones) is 2. The summed E-state index contributed by atoms with van der Waals surface area (Å²) in [5.41, 5.74) is 3.38. The van der Waals surface area contributed by atoms with Crippen LogP contribution in [0.3, 0.4) is 0 Å². The highest BCUT2D eigenvalue weighted by Crippen LogP contribution is 2.49. The molecule has 1 heterocycles. The summed E-state index contributed by atoms with van der Waals surface area (Å²) in [4.78, 5) is 23.7. The minimum absolute atomic E-state index is 0.0288. The number of rotatable bonds is 0. The largest absolute Gasteiger partial charge is 0.393 e. The zero-order chi connectivity index (χ0) is 13.0. The minimum Gasteiger partial charge on any atom is -0.393 e. The van der Waals surface area contributed by atoms with Crippen molar-refractivity contribution in [3.05, 3.63) is 53.1 Å². The van der Waals surface area contributed by atoms with Crippen LogP contribution < -0.4 is 0 Å². The van der Waals surface area contributed by atoms with Gasteiger partial charge in [0.15, 0.2) is 0 Å². The zero-order valence-electron chi connectivity index (χ0n) is 10.2. The Bertz CT molecular complexity index is 654. The Balaban J connectivity index is 1.90. The maximum Gasteiger partial charge on any atom is 0.318 e. The van der Waals surface area contributed by atoms with E-state index >= 15 is 0 Å². The van der Waals surface area contributed by atoms with Gasteiger partial charge in [0.05, 0.1) is 11.8 Å². The van der Waals surface area contributed by atoms with Crippen molar-refractivity contribution in [2.75, 3.05) is 0 Å². The first-order valence-electron chi connectivity index (χ1n) is 6.48. The van der Waals surface area contributed by atoms with Gasteiger partial charge in [-0.3, -0.25) is 9.59 Å². The first-order chi connectivity index (χ1) is 9.25. The molecule has 3 atom stereocenters. The van der Waals surface area contributed by atoms with E-state index in [1.54, 1.807) is 0 Å². The summed E-state index contributed by atoms with van der Waals surface area (Å²) < 4.78 is 4.84. The van der Waals surface area contributed by atoms with Crippen molar-refractivity contribution < 1.29 is 14.3 Å². The molecule has 0 N–H and O–H groups in total. The van der Waals surface area contributed by atoms with Gasteiger partial charge >= 0.3 is 11.9 Å². The SMILES string of the molecule is O=C1OC(=O)C2C1CC=C1C=Cc3ccccc3C12. The molecule has 1 saturated heterocycles. The Morgan fingerprint density at radius 2 is 1.89 bits per heavy atom. The zero-order valence-corrected chi connectivity index (χ0v) is 10.2. The van der Waals surface area contributed by atoms with Crippen molar-refractivity contribution in [2.24, 2.45) is 11.8 Å². The first-order valence-corrected chi connectivity index (χ1v) is 6.48. The van der Waals surface area contributed by atoms with Crippen molar-refractivity contribution in [3.63, 3.8) is 0 Å². The highest BCUT2D eigenvalue weighted by molar-refractivity contribution is 5.98. The van der Waals surface area contributed by atoms with Crippen molar-refractivity contribution in [1.82, 2.24) is 0 Å². The molecule has 2 aliphatic carbocycles. The van der Waals surface area contributed by atoms with Gasteiger partial charge in [-0.05, 0) is 23.1 Å². The van der Waals surface area contributed by atoms with Crippen LogP contribution in [-0.2, 0) is 14.3 Å². The molecule has 0 spiro atoms. The monoisotopic (exact) mass is 252 g/mol. The third-order valence-electron chi connectivity index (χ3n) is 4.32. The molecule has 4 rings (SSSR count). The van der Waals surface area contributed by atoms with E-state index in [4.69, 9.17) is 4.74 Å². The molecule has 0 bridgehead atoms. The van der Waals surface area contributed by atoms with Crippen LogP contribution in [0.5, 0.6) is 0 Å². The lowest BCUT2D eigenvalue weighted by atomic mass is 9.67. The Morgan fingerprint density at radius 1 is 1.05 bits per heavy atom. The molecular weight excluding hydrogens is 240 g/mol. The second-order valence-corrected chi connectivity index (χ2v) is 5.25. The summed E-state index contributed by atoms with van der Waals surface area (Å²) in [6, 6.07) is 8.03. The molecule has 94 valence electrons. The molecule has 0 amide bonds. The molecule has 0 aromatic heterocycles. The molecule has 1 aromatic carbocycles. The minimum atomic E-state index is -0.365. The molecule has 3 unspecified atom stereocenters. The molecule has 0 saturated carbocycles. The van der Waals surface area contributed by atoms with Crippen molar-refractivity contribution in [3.8, 4) is 0 Å². The maximum absolute atomic E-state index is 12.0. The van der Waals surface area contributed by atoms with Gasteiger partial charge in [0.25, 0.3) is 0 Å². The number of allylic oxidation sites excluding steroid dienone is 3. The third-order valence-corrected chi connectivity index (χ3v) is 4.32. The van der Waals surface area contributed by atoms with Gasteiger partial charge in [-0.15, -0.1) is 0 Å². The molecule has 3 heteroatoms. The van der Waals surface area contributed by atoms with E-state index in [0.29, 0.717) is 6.42 Å². The fraction of sp³-hybridized carbons (Fsp3) is 0.250. The highest BCUT2D eigenvalue weighted by atomic mass is 16.6. The van der Waals surface area contributed by atoms with Gasteiger partial charge in [-0.1, -0.05) is 42.5 Å². The topological polar surface area (TPSA) is 43.4 Å². The molecule has 1 aliphatic heterocycles. The van der Waals surface area contributed by atoms with E-state index in [1.165, 1.54) is 0 Å². The smallest absolute Gasteiger partial charge is 0.318 e. The number of benzene rings is 1. The molecule has 3 aliphatic rings. The van der Waals surface area contributed by atoms with Crippen LogP contribution in [-0.4, -0.2) is 11.9 Å². The number of carbonyl (C=O) groups excluding carboxylic acids is 2. The van der Waals surface area contributed by atoms with Crippen LogP contribution in [0.25, 0.3) is 6.08 Å². The van der Waals surface area contributed by atoms with E-state index in [-0.39, 0.29) is 29.7 Å². The van der Waals surface area contributed by atoms with Gasteiger partial charge in [0, 0.05) is 5.92 Å².